The van der Waals surface area contributed by atoms with E-state index < -0.39 is 12.3 Å². The molecule has 0 aromatic heterocycles. The van der Waals surface area contributed by atoms with Gasteiger partial charge in [-0.3, -0.25) is 0 Å². The first kappa shape index (κ1) is 7.29. The minimum absolute atomic E-state index is 0.308. The van der Waals surface area contributed by atoms with Crippen LogP contribution in [-0.2, 0) is 0 Å². The highest BCUT2D eigenvalue weighted by molar-refractivity contribution is 6.21. The SMILES string of the molecule is OC1CCC(F)CC1Cl. The molecule has 1 aliphatic rings. The van der Waals surface area contributed by atoms with E-state index >= 15 is 0 Å². The van der Waals surface area contributed by atoms with Gasteiger partial charge in [0.1, 0.15) is 6.17 Å². The quantitative estimate of drug-likeness (QED) is 0.522. The summed E-state index contributed by atoms with van der Waals surface area (Å²) < 4.78 is 12.4. The van der Waals surface area contributed by atoms with Crippen LogP contribution in [0.5, 0.6) is 0 Å². The number of rotatable bonds is 0. The molecule has 1 saturated carbocycles. The van der Waals surface area contributed by atoms with Gasteiger partial charge in [-0.15, -0.1) is 11.6 Å². The van der Waals surface area contributed by atoms with Crippen molar-refractivity contribution in [1.29, 1.82) is 0 Å². The van der Waals surface area contributed by atoms with Gasteiger partial charge < -0.3 is 5.11 Å². The van der Waals surface area contributed by atoms with Crippen molar-refractivity contribution in [2.75, 3.05) is 0 Å². The largest absolute Gasteiger partial charge is 0.392 e. The molecule has 54 valence electrons. The lowest BCUT2D eigenvalue weighted by molar-refractivity contribution is 0.0982. The average molecular weight is 153 g/mol. The van der Waals surface area contributed by atoms with Gasteiger partial charge in [-0.2, -0.15) is 0 Å². The Balaban J connectivity index is 2.35. The Morgan fingerprint density at radius 1 is 1.44 bits per heavy atom. The number of halogens is 2. The molecule has 1 fully saturated rings. The average Bonchev–Trinajstić information content (AvgIpc) is 1.80. The number of aliphatic hydroxyl groups is 1. The van der Waals surface area contributed by atoms with Crippen molar-refractivity contribution in [3.05, 3.63) is 0 Å². The molecule has 0 aromatic carbocycles. The lowest BCUT2D eigenvalue weighted by atomic mass is 9.96. The maximum Gasteiger partial charge on any atom is 0.102 e. The second-order valence-corrected chi connectivity index (χ2v) is 3.05. The van der Waals surface area contributed by atoms with Gasteiger partial charge in [0, 0.05) is 0 Å². The fourth-order valence-electron chi connectivity index (χ4n) is 1.05. The number of hydrogen-bond donors (Lipinski definition) is 1. The molecule has 3 atom stereocenters. The third-order valence-corrected chi connectivity index (χ3v) is 2.14. The highest BCUT2D eigenvalue weighted by Gasteiger charge is 2.26. The van der Waals surface area contributed by atoms with E-state index in [1.807, 2.05) is 0 Å². The molecule has 0 bridgehead atoms. The molecular formula is C6H10ClFO. The fraction of sp³-hybridized carbons (Fsp3) is 1.00. The van der Waals surface area contributed by atoms with Gasteiger partial charge in [-0.25, -0.2) is 4.39 Å². The Hall–Kier alpha value is 0.180. The van der Waals surface area contributed by atoms with E-state index in [9.17, 15) is 4.39 Å². The van der Waals surface area contributed by atoms with Crippen LogP contribution >= 0.6 is 11.6 Å². The maximum absolute atomic E-state index is 12.4. The molecule has 1 N–H and O–H groups in total. The van der Waals surface area contributed by atoms with Crippen molar-refractivity contribution >= 4 is 11.6 Å². The van der Waals surface area contributed by atoms with Crippen molar-refractivity contribution in [2.45, 2.75) is 36.9 Å². The first-order chi connectivity index (χ1) is 4.20. The molecular weight excluding hydrogens is 143 g/mol. The molecule has 1 nitrogen and oxygen atoms in total. The first-order valence-electron chi connectivity index (χ1n) is 3.16. The smallest absolute Gasteiger partial charge is 0.102 e. The molecule has 0 spiro atoms. The van der Waals surface area contributed by atoms with Gasteiger partial charge in [0.2, 0.25) is 0 Å². The molecule has 3 heteroatoms. The molecule has 0 aromatic rings. The van der Waals surface area contributed by atoms with Crippen molar-refractivity contribution in [3.8, 4) is 0 Å². The predicted molar refractivity (Wildman–Crippen MR) is 34.4 cm³/mol. The van der Waals surface area contributed by atoms with Crippen LogP contribution in [0.25, 0.3) is 0 Å². The van der Waals surface area contributed by atoms with Gasteiger partial charge in [-0.05, 0) is 19.3 Å². The molecule has 9 heavy (non-hydrogen) atoms. The van der Waals surface area contributed by atoms with E-state index in [2.05, 4.69) is 0 Å². The van der Waals surface area contributed by atoms with E-state index in [-0.39, 0.29) is 5.38 Å². The second-order valence-electron chi connectivity index (χ2n) is 2.49. The van der Waals surface area contributed by atoms with Crippen LogP contribution in [-0.4, -0.2) is 22.8 Å². The van der Waals surface area contributed by atoms with E-state index in [1.165, 1.54) is 0 Å². The van der Waals surface area contributed by atoms with Crippen LogP contribution in [0.15, 0.2) is 0 Å². The summed E-state index contributed by atoms with van der Waals surface area (Å²) in [6, 6.07) is 0. The topological polar surface area (TPSA) is 20.2 Å². The maximum atomic E-state index is 12.4. The lowest BCUT2D eigenvalue weighted by Crippen LogP contribution is -2.30. The van der Waals surface area contributed by atoms with Crippen LogP contribution in [0.1, 0.15) is 19.3 Å². The number of aliphatic hydroxyl groups excluding tert-OH is 1. The molecule has 0 aliphatic heterocycles. The number of hydrogen-bond acceptors (Lipinski definition) is 1. The summed E-state index contributed by atoms with van der Waals surface area (Å²) in [7, 11) is 0. The van der Waals surface area contributed by atoms with Gasteiger partial charge in [0.05, 0.1) is 11.5 Å². The van der Waals surface area contributed by atoms with Gasteiger partial charge in [-0.1, -0.05) is 0 Å². The van der Waals surface area contributed by atoms with Crippen molar-refractivity contribution in [1.82, 2.24) is 0 Å². The van der Waals surface area contributed by atoms with Gasteiger partial charge in [0.15, 0.2) is 0 Å². The minimum atomic E-state index is -0.795. The molecule has 0 amide bonds. The van der Waals surface area contributed by atoms with E-state index in [0.717, 1.165) is 0 Å². The summed E-state index contributed by atoms with van der Waals surface area (Å²) in [5.41, 5.74) is 0. The van der Waals surface area contributed by atoms with Crippen LogP contribution in [0.4, 0.5) is 4.39 Å². The van der Waals surface area contributed by atoms with Crippen LogP contribution in [0.2, 0.25) is 0 Å². The summed E-state index contributed by atoms with van der Waals surface area (Å²) >= 11 is 5.57. The predicted octanol–water partition coefficient (Wildman–Crippen LogP) is 1.48. The fourth-order valence-corrected chi connectivity index (χ4v) is 1.37. The molecule has 1 rings (SSSR count). The van der Waals surface area contributed by atoms with Crippen molar-refractivity contribution in [2.24, 2.45) is 0 Å². The third kappa shape index (κ3) is 1.80. The summed E-state index contributed by atoms with van der Waals surface area (Å²) in [5, 5.41) is 8.63. The Kier molecular flexibility index (Phi) is 2.30. The Morgan fingerprint density at radius 3 is 2.56 bits per heavy atom. The number of alkyl halides is 2. The van der Waals surface area contributed by atoms with Gasteiger partial charge in [0.25, 0.3) is 0 Å². The van der Waals surface area contributed by atoms with E-state index in [0.29, 0.717) is 19.3 Å². The first-order valence-corrected chi connectivity index (χ1v) is 3.60. The Bertz CT molecular complexity index is 99.1. The zero-order valence-electron chi connectivity index (χ0n) is 5.06. The Morgan fingerprint density at radius 2 is 2.11 bits per heavy atom. The molecule has 0 saturated heterocycles. The van der Waals surface area contributed by atoms with Crippen molar-refractivity contribution in [3.63, 3.8) is 0 Å². The summed E-state index contributed by atoms with van der Waals surface area (Å²) in [6.45, 7) is 0. The van der Waals surface area contributed by atoms with Crippen LogP contribution in [0, 0.1) is 0 Å². The molecule has 0 heterocycles. The lowest BCUT2D eigenvalue weighted by Gasteiger charge is -2.24. The minimum Gasteiger partial charge on any atom is -0.392 e. The second kappa shape index (κ2) is 2.84. The van der Waals surface area contributed by atoms with Crippen LogP contribution < -0.4 is 0 Å². The van der Waals surface area contributed by atoms with Crippen molar-refractivity contribution < 1.29 is 9.50 Å². The standard InChI is InChI=1S/C6H10ClFO/c7-5-3-4(8)1-2-6(5)9/h4-6,9H,1-3H2. The summed E-state index contributed by atoms with van der Waals surface area (Å²) in [4.78, 5) is 0. The molecule has 3 unspecified atom stereocenters. The zero-order valence-corrected chi connectivity index (χ0v) is 5.81. The normalized spacial score (nSPS) is 45.0. The Labute approximate surface area is 58.8 Å². The third-order valence-electron chi connectivity index (χ3n) is 1.67. The molecule has 1 aliphatic carbocycles. The summed E-state index contributed by atoms with van der Waals surface area (Å²) in [5.74, 6) is 0. The zero-order chi connectivity index (χ0) is 6.85. The van der Waals surface area contributed by atoms with Crippen LogP contribution in [0.3, 0.4) is 0 Å². The van der Waals surface area contributed by atoms with E-state index in [1.54, 1.807) is 0 Å². The van der Waals surface area contributed by atoms with E-state index in [4.69, 9.17) is 16.7 Å². The van der Waals surface area contributed by atoms with Gasteiger partial charge >= 0.3 is 0 Å². The highest BCUT2D eigenvalue weighted by Crippen LogP contribution is 2.25. The summed E-state index contributed by atoms with van der Waals surface area (Å²) in [6.07, 6.45) is -0.00261. The molecule has 0 radical (unpaired) electrons. The monoisotopic (exact) mass is 152 g/mol. The highest BCUT2D eigenvalue weighted by atomic mass is 35.5.